The molecule has 0 aromatic rings. The number of nitrogens with two attached hydrogens (primary N) is 1. The first-order valence-corrected chi connectivity index (χ1v) is 4.32. The Morgan fingerprint density at radius 1 is 1.30 bits per heavy atom. The molecule has 58 valence electrons. The molecule has 0 radical (unpaired) electrons. The van der Waals surface area contributed by atoms with Gasteiger partial charge >= 0.3 is 0 Å². The van der Waals surface area contributed by atoms with E-state index in [1.807, 2.05) is 0 Å². The first-order valence-electron chi connectivity index (χ1n) is 4.32. The minimum Gasteiger partial charge on any atom is -0.330 e. The summed E-state index contributed by atoms with van der Waals surface area (Å²) in [6, 6.07) is 0. The molecule has 2 fully saturated rings. The molecule has 0 aromatic carbocycles. The van der Waals surface area contributed by atoms with Crippen LogP contribution in [0.25, 0.3) is 0 Å². The van der Waals surface area contributed by atoms with Crippen LogP contribution in [-0.4, -0.2) is 30.1 Å². The van der Waals surface area contributed by atoms with Crippen molar-refractivity contribution in [3.8, 4) is 0 Å². The zero-order chi connectivity index (χ0) is 7.03. The highest BCUT2D eigenvalue weighted by Crippen LogP contribution is 2.42. The van der Waals surface area contributed by atoms with Crippen LogP contribution >= 0.6 is 0 Å². The van der Waals surface area contributed by atoms with Crippen LogP contribution in [0.1, 0.15) is 25.7 Å². The molecule has 1 unspecified atom stereocenters. The quantitative estimate of drug-likeness (QED) is 0.607. The average Bonchev–Trinajstić information content (AvgIpc) is 2.15. The molecule has 2 nitrogen and oxygen atoms in total. The lowest BCUT2D eigenvalue weighted by Crippen LogP contribution is -2.56. The van der Waals surface area contributed by atoms with Crippen molar-refractivity contribution in [2.45, 2.75) is 31.2 Å². The minimum absolute atomic E-state index is 0.592. The molecule has 2 N–H and O–H groups in total. The summed E-state index contributed by atoms with van der Waals surface area (Å²) in [7, 11) is 0. The lowest BCUT2D eigenvalue weighted by atomic mass is 9.82. The van der Waals surface area contributed by atoms with E-state index < -0.39 is 0 Å². The maximum Gasteiger partial charge on any atom is 0.0234 e. The first kappa shape index (κ1) is 6.62. The van der Waals surface area contributed by atoms with Gasteiger partial charge in [0.2, 0.25) is 0 Å². The summed E-state index contributed by atoms with van der Waals surface area (Å²) in [5.41, 5.74) is 6.15. The van der Waals surface area contributed by atoms with E-state index in [1.165, 1.54) is 38.8 Å². The molecular weight excluding hydrogens is 124 g/mol. The van der Waals surface area contributed by atoms with E-state index in [4.69, 9.17) is 5.73 Å². The van der Waals surface area contributed by atoms with Gasteiger partial charge in [0, 0.05) is 12.1 Å². The fourth-order valence-electron chi connectivity index (χ4n) is 2.49. The van der Waals surface area contributed by atoms with E-state index in [0.717, 1.165) is 6.54 Å². The highest BCUT2D eigenvalue weighted by atomic mass is 15.3. The summed E-state index contributed by atoms with van der Waals surface area (Å²) in [6.45, 7) is 3.54. The fraction of sp³-hybridized carbons (Fsp3) is 1.00. The molecule has 10 heavy (non-hydrogen) atoms. The van der Waals surface area contributed by atoms with Crippen molar-refractivity contribution < 1.29 is 0 Å². The Balaban J connectivity index is 2.00. The number of nitrogens with zero attached hydrogens (tertiary/aromatic N) is 1. The molecule has 2 heterocycles. The van der Waals surface area contributed by atoms with Gasteiger partial charge in [-0.3, -0.25) is 4.90 Å². The third-order valence-corrected chi connectivity index (χ3v) is 3.20. The van der Waals surface area contributed by atoms with E-state index in [0.29, 0.717) is 5.54 Å². The van der Waals surface area contributed by atoms with Gasteiger partial charge in [-0.25, -0.2) is 0 Å². The Morgan fingerprint density at radius 2 is 2.20 bits per heavy atom. The molecule has 2 saturated heterocycles. The van der Waals surface area contributed by atoms with E-state index in [1.54, 1.807) is 0 Å². The standard InChI is InChI=1S/C8H16N2/c9-5-3-8-2-1-6-10(8)7-4-8/h1-7,9H2. The number of fused-ring (bicyclic) bond motifs is 1. The van der Waals surface area contributed by atoms with Crippen LogP contribution in [-0.2, 0) is 0 Å². The van der Waals surface area contributed by atoms with Crippen LogP contribution in [0.15, 0.2) is 0 Å². The zero-order valence-corrected chi connectivity index (χ0v) is 6.47. The van der Waals surface area contributed by atoms with Gasteiger partial charge in [0.05, 0.1) is 0 Å². The largest absolute Gasteiger partial charge is 0.330 e. The summed E-state index contributed by atoms with van der Waals surface area (Å²) in [5.74, 6) is 0. The van der Waals surface area contributed by atoms with Crippen LogP contribution < -0.4 is 5.73 Å². The number of hydrogen-bond donors (Lipinski definition) is 1. The molecule has 2 aliphatic heterocycles. The maximum absolute atomic E-state index is 5.56. The Labute approximate surface area is 62.4 Å². The van der Waals surface area contributed by atoms with Crippen molar-refractivity contribution in [3.63, 3.8) is 0 Å². The average molecular weight is 140 g/mol. The van der Waals surface area contributed by atoms with Crippen molar-refractivity contribution in [2.75, 3.05) is 19.6 Å². The Hall–Kier alpha value is -0.0800. The minimum atomic E-state index is 0.592. The maximum atomic E-state index is 5.56. The molecule has 0 bridgehead atoms. The Bertz CT molecular complexity index is 135. The SMILES string of the molecule is NCCC12CCCN1CC2. The molecule has 0 spiro atoms. The molecule has 0 aliphatic carbocycles. The third-order valence-electron chi connectivity index (χ3n) is 3.20. The summed E-state index contributed by atoms with van der Waals surface area (Å²) in [6.07, 6.45) is 5.45. The lowest BCUT2D eigenvalue weighted by Gasteiger charge is -2.48. The van der Waals surface area contributed by atoms with Crippen molar-refractivity contribution in [2.24, 2.45) is 5.73 Å². The van der Waals surface area contributed by atoms with Gasteiger partial charge in [-0.1, -0.05) is 0 Å². The molecule has 1 atom stereocenters. The Kier molecular flexibility index (Phi) is 1.46. The third kappa shape index (κ3) is 0.722. The predicted molar refractivity (Wildman–Crippen MR) is 41.8 cm³/mol. The van der Waals surface area contributed by atoms with Gasteiger partial charge in [-0.05, 0) is 38.8 Å². The summed E-state index contributed by atoms with van der Waals surface area (Å²) in [4.78, 5) is 2.61. The van der Waals surface area contributed by atoms with E-state index in [2.05, 4.69) is 4.90 Å². The van der Waals surface area contributed by atoms with Crippen LogP contribution in [0.3, 0.4) is 0 Å². The normalized spacial score (nSPS) is 39.3. The van der Waals surface area contributed by atoms with Gasteiger partial charge < -0.3 is 5.73 Å². The Morgan fingerprint density at radius 3 is 2.70 bits per heavy atom. The predicted octanol–water partition coefficient (Wildman–Crippen LogP) is 0.574. The summed E-state index contributed by atoms with van der Waals surface area (Å²) >= 11 is 0. The molecular formula is C8H16N2. The molecule has 0 saturated carbocycles. The second-order valence-electron chi connectivity index (χ2n) is 3.60. The van der Waals surface area contributed by atoms with Gasteiger partial charge in [0.15, 0.2) is 0 Å². The first-order chi connectivity index (χ1) is 4.87. The van der Waals surface area contributed by atoms with E-state index in [9.17, 15) is 0 Å². The van der Waals surface area contributed by atoms with Gasteiger partial charge in [0.1, 0.15) is 0 Å². The van der Waals surface area contributed by atoms with Gasteiger partial charge in [-0.15, -0.1) is 0 Å². The van der Waals surface area contributed by atoms with Gasteiger partial charge in [0.25, 0.3) is 0 Å². The smallest absolute Gasteiger partial charge is 0.0234 e. The monoisotopic (exact) mass is 140 g/mol. The molecule has 2 heteroatoms. The summed E-state index contributed by atoms with van der Waals surface area (Å²) < 4.78 is 0. The lowest BCUT2D eigenvalue weighted by molar-refractivity contribution is 0.0224. The summed E-state index contributed by atoms with van der Waals surface area (Å²) in [5, 5.41) is 0. The van der Waals surface area contributed by atoms with E-state index in [-0.39, 0.29) is 0 Å². The molecule has 0 amide bonds. The topological polar surface area (TPSA) is 29.3 Å². The van der Waals surface area contributed by atoms with Crippen molar-refractivity contribution >= 4 is 0 Å². The fourth-order valence-corrected chi connectivity index (χ4v) is 2.49. The molecule has 0 aromatic heterocycles. The van der Waals surface area contributed by atoms with Crippen LogP contribution in [0.4, 0.5) is 0 Å². The van der Waals surface area contributed by atoms with Crippen molar-refractivity contribution in [3.05, 3.63) is 0 Å². The van der Waals surface area contributed by atoms with Crippen LogP contribution in [0.5, 0.6) is 0 Å². The molecule has 2 aliphatic rings. The molecule has 2 rings (SSSR count). The van der Waals surface area contributed by atoms with E-state index >= 15 is 0 Å². The second-order valence-corrected chi connectivity index (χ2v) is 3.60. The second kappa shape index (κ2) is 2.21. The van der Waals surface area contributed by atoms with Crippen molar-refractivity contribution in [1.82, 2.24) is 4.90 Å². The highest BCUT2D eigenvalue weighted by molar-refractivity contribution is 5.03. The zero-order valence-electron chi connectivity index (χ0n) is 6.47. The number of rotatable bonds is 2. The van der Waals surface area contributed by atoms with Gasteiger partial charge in [-0.2, -0.15) is 0 Å². The van der Waals surface area contributed by atoms with Crippen LogP contribution in [0, 0.1) is 0 Å². The van der Waals surface area contributed by atoms with Crippen LogP contribution in [0.2, 0.25) is 0 Å². The van der Waals surface area contributed by atoms with Crippen molar-refractivity contribution in [1.29, 1.82) is 0 Å². The highest BCUT2D eigenvalue weighted by Gasteiger charge is 2.46. The number of hydrogen-bond acceptors (Lipinski definition) is 2.